The largest absolute Gasteiger partial charge is 0.313 e. The van der Waals surface area contributed by atoms with E-state index in [0.717, 1.165) is 12.0 Å². The Kier molecular flexibility index (Phi) is 5.41. The van der Waals surface area contributed by atoms with E-state index in [-0.39, 0.29) is 6.04 Å². The van der Waals surface area contributed by atoms with Crippen molar-refractivity contribution in [3.05, 3.63) is 29.8 Å². The van der Waals surface area contributed by atoms with Gasteiger partial charge in [0.1, 0.15) is 0 Å². The van der Waals surface area contributed by atoms with Gasteiger partial charge < -0.3 is 5.32 Å². The van der Waals surface area contributed by atoms with Crippen LogP contribution in [0.4, 0.5) is 0 Å². The number of nitrogens with one attached hydrogen (secondary N) is 2. The van der Waals surface area contributed by atoms with E-state index in [9.17, 15) is 8.42 Å². The predicted molar refractivity (Wildman–Crippen MR) is 85.6 cm³/mol. The van der Waals surface area contributed by atoms with Crippen LogP contribution in [0.2, 0.25) is 0 Å². The summed E-state index contributed by atoms with van der Waals surface area (Å²) in [5.41, 5.74) is 0.981. The molecule has 1 saturated carbocycles. The first-order valence-corrected chi connectivity index (χ1v) is 9.19. The Balaban J connectivity index is 2.08. The molecule has 0 aromatic heterocycles. The summed E-state index contributed by atoms with van der Waals surface area (Å²) in [6, 6.07) is 7.29. The van der Waals surface area contributed by atoms with Gasteiger partial charge in [0, 0.05) is 12.6 Å². The zero-order chi connectivity index (χ0) is 15.5. The first-order valence-electron chi connectivity index (χ1n) is 7.71. The molecule has 2 N–H and O–H groups in total. The first-order chi connectivity index (χ1) is 9.94. The fourth-order valence-corrected chi connectivity index (χ4v) is 4.09. The van der Waals surface area contributed by atoms with E-state index in [4.69, 9.17) is 0 Å². The van der Waals surface area contributed by atoms with Gasteiger partial charge in [-0.2, -0.15) is 0 Å². The molecule has 0 amide bonds. The van der Waals surface area contributed by atoms with E-state index in [2.05, 4.69) is 17.0 Å². The molecule has 21 heavy (non-hydrogen) atoms. The van der Waals surface area contributed by atoms with Crippen LogP contribution in [-0.2, 0) is 10.0 Å². The van der Waals surface area contributed by atoms with Crippen molar-refractivity contribution in [3.63, 3.8) is 0 Å². The molecule has 0 radical (unpaired) electrons. The molecule has 0 heterocycles. The molecule has 1 aliphatic rings. The molecule has 118 valence electrons. The van der Waals surface area contributed by atoms with Crippen molar-refractivity contribution in [1.82, 2.24) is 10.0 Å². The van der Waals surface area contributed by atoms with Crippen LogP contribution in [0.15, 0.2) is 29.2 Å². The standard InChI is InChI=1S/C16H26N2O2S/c1-12-6-4-8-15(12)11-18-21(19,20)16-9-5-7-14(10-16)13(2)17-3/h5,7,9-10,12-13,15,17-18H,4,6,8,11H2,1-3H3. The SMILES string of the molecule is CNC(C)c1cccc(S(=O)(=O)NCC2CCCC2C)c1. The molecular formula is C16H26N2O2S. The molecule has 1 aromatic carbocycles. The number of hydrogen-bond donors (Lipinski definition) is 2. The molecule has 0 saturated heterocycles. The second-order valence-corrected chi connectivity index (χ2v) is 7.87. The second kappa shape index (κ2) is 6.90. The maximum atomic E-state index is 12.4. The number of sulfonamides is 1. The van der Waals surface area contributed by atoms with E-state index >= 15 is 0 Å². The molecule has 3 atom stereocenters. The van der Waals surface area contributed by atoms with Crippen LogP contribution in [0.1, 0.15) is 44.7 Å². The van der Waals surface area contributed by atoms with Gasteiger partial charge >= 0.3 is 0 Å². The van der Waals surface area contributed by atoms with E-state index in [1.165, 1.54) is 12.8 Å². The Morgan fingerprint density at radius 2 is 2.10 bits per heavy atom. The number of benzene rings is 1. The Labute approximate surface area is 128 Å². The Bertz CT molecular complexity index is 571. The third kappa shape index (κ3) is 4.05. The van der Waals surface area contributed by atoms with Gasteiger partial charge in [0.15, 0.2) is 0 Å². The Morgan fingerprint density at radius 1 is 1.33 bits per heavy atom. The summed E-state index contributed by atoms with van der Waals surface area (Å²) in [6.45, 7) is 4.77. The van der Waals surface area contributed by atoms with Crippen LogP contribution in [0, 0.1) is 11.8 Å². The van der Waals surface area contributed by atoms with Crippen LogP contribution in [0.25, 0.3) is 0 Å². The van der Waals surface area contributed by atoms with Crippen molar-refractivity contribution in [2.45, 2.75) is 44.0 Å². The van der Waals surface area contributed by atoms with Crippen LogP contribution >= 0.6 is 0 Å². The molecule has 2 rings (SSSR count). The normalized spacial score (nSPS) is 24.1. The van der Waals surface area contributed by atoms with Gasteiger partial charge in [-0.05, 0) is 49.9 Å². The van der Waals surface area contributed by atoms with Gasteiger partial charge in [-0.25, -0.2) is 13.1 Å². The van der Waals surface area contributed by atoms with Crippen molar-refractivity contribution in [1.29, 1.82) is 0 Å². The molecule has 4 nitrogen and oxygen atoms in total. The van der Waals surface area contributed by atoms with Crippen molar-refractivity contribution in [2.75, 3.05) is 13.6 Å². The Hall–Kier alpha value is -0.910. The average molecular weight is 310 g/mol. The van der Waals surface area contributed by atoms with Crippen LogP contribution in [-0.4, -0.2) is 22.0 Å². The fourth-order valence-electron chi connectivity index (χ4n) is 2.94. The average Bonchev–Trinajstić information content (AvgIpc) is 2.90. The summed E-state index contributed by atoms with van der Waals surface area (Å²) in [5, 5.41) is 3.13. The topological polar surface area (TPSA) is 58.2 Å². The van der Waals surface area contributed by atoms with E-state index in [1.54, 1.807) is 18.2 Å². The minimum Gasteiger partial charge on any atom is -0.313 e. The lowest BCUT2D eigenvalue weighted by Gasteiger charge is -2.17. The lowest BCUT2D eigenvalue weighted by molar-refractivity contribution is 0.414. The highest BCUT2D eigenvalue weighted by Gasteiger charge is 2.25. The third-order valence-electron chi connectivity index (χ3n) is 4.68. The third-order valence-corrected chi connectivity index (χ3v) is 6.10. The monoisotopic (exact) mass is 310 g/mol. The summed E-state index contributed by atoms with van der Waals surface area (Å²) < 4.78 is 27.6. The number of rotatable bonds is 6. The maximum Gasteiger partial charge on any atom is 0.240 e. The van der Waals surface area contributed by atoms with Crippen LogP contribution in [0.5, 0.6) is 0 Å². The molecule has 0 bridgehead atoms. The van der Waals surface area contributed by atoms with Crippen molar-refractivity contribution < 1.29 is 8.42 Å². The van der Waals surface area contributed by atoms with Crippen LogP contribution in [0.3, 0.4) is 0 Å². The van der Waals surface area contributed by atoms with Gasteiger partial charge in [0.2, 0.25) is 10.0 Å². The zero-order valence-electron chi connectivity index (χ0n) is 13.1. The van der Waals surface area contributed by atoms with Gasteiger partial charge in [0.05, 0.1) is 4.90 Å². The molecule has 0 spiro atoms. The minimum atomic E-state index is -3.41. The number of hydrogen-bond acceptors (Lipinski definition) is 3. The van der Waals surface area contributed by atoms with Gasteiger partial charge in [-0.15, -0.1) is 0 Å². The molecule has 0 aliphatic heterocycles. The summed E-state index contributed by atoms with van der Waals surface area (Å²) >= 11 is 0. The fraction of sp³-hybridized carbons (Fsp3) is 0.625. The lowest BCUT2D eigenvalue weighted by atomic mass is 9.99. The van der Waals surface area contributed by atoms with Gasteiger partial charge in [-0.1, -0.05) is 31.9 Å². The van der Waals surface area contributed by atoms with Crippen LogP contribution < -0.4 is 10.0 Å². The van der Waals surface area contributed by atoms with Crippen molar-refractivity contribution >= 4 is 10.0 Å². The van der Waals surface area contributed by atoms with E-state index in [0.29, 0.717) is 23.3 Å². The summed E-state index contributed by atoms with van der Waals surface area (Å²) in [7, 11) is -1.55. The summed E-state index contributed by atoms with van der Waals surface area (Å²) in [6.07, 6.45) is 3.55. The summed E-state index contributed by atoms with van der Waals surface area (Å²) in [4.78, 5) is 0.354. The molecule has 1 aliphatic carbocycles. The first kappa shape index (κ1) is 16.5. The highest BCUT2D eigenvalue weighted by molar-refractivity contribution is 7.89. The van der Waals surface area contributed by atoms with E-state index < -0.39 is 10.0 Å². The smallest absolute Gasteiger partial charge is 0.240 e. The predicted octanol–water partition coefficient (Wildman–Crippen LogP) is 2.68. The maximum absolute atomic E-state index is 12.4. The molecule has 1 fully saturated rings. The lowest BCUT2D eigenvalue weighted by Crippen LogP contribution is -2.30. The second-order valence-electron chi connectivity index (χ2n) is 6.10. The van der Waals surface area contributed by atoms with E-state index in [1.807, 2.05) is 20.0 Å². The molecule has 1 aromatic rings. The van der Waals surface area contributed by atoms with Gasteiger partial charge in [0.25, 0.3) is 0 Å². The zero-order valence-corrected chi connectivity index (χ0v) is 13.9. The molecular weight excluding hydrogens is 284 g/mol. The highest BCUT2D eigenvalue weighted by atomic mass is 32.2. The molecule has 5 heteroatoms. The van der Waals surface area contributed by atoms with Crippen molar-refractivity contribution in [2.24, 2.45) is 11.8 Å². The van der Waals surface area contributed by atoms with Crippen molar-refractivity contribution in [3.8, 4) is 0 Å². The highest BCUT2D eigenvalue weighted by Crippen LogP contribution is 2.30. The Morgan fingerprint density at radius 3 is 2.71 bits per heavy atom. The van der Waals surface area contributed by atoms with Gasteiger partial charge in [-0.3, -0.25) is 0 Å². The quantitative estimate of drug-likeness (QED) is 0.849. The summed E-state index contributed by atoms with van der Waals surface area (Å²) in [5.74, 6) is 1.09. The molecule has 3 unspecified atom stereocenters. The minimum absolute atomic E-state index is 0.134.